The van der Waals surface area contributed by atoms with E-state index in [0.29, 0.717) is 11.6 Å². The largest absolute Gasteiger partial charge is 0.354 e. The Balaban J connectivity index is 1.73. The van der Waals surface area contributed by atoms with Gasteiger partial charge in [-0.15, -0.1) is 10.2 Å². The molecule has 0 unspecified atom stereocenters. The van der Waals surface area contributed by atoms with Gasteiger partial charge in [0.25, 0.3) is 5.56 Å². The number of benzene rings is 2. The van der Waals surface area contributed by atoms with Crippen molar-refractivity contribution in [3.05, 3.63) is 52.8 Å². The van der Waals surface area contributed by atoms with Crippen LogP contribution >= 0.6 is 0 Å². The standard InChI is InChI=1S/C20H25N5O/c1-3-25(4-2)14-8-13-21-20-22-19(26)18(23-24-20)17-12-7-10-15-9-5-6-11-16(15)17/h5-7,9-12H,3-4,8,13-14H2,1-2H3,(H2,21,22,24,26). The van der Waals surface area contributed by atoms with Crippen molar-refractivity contribution in [2.24, 2.45) is 0 Å². The van der Waals surface area contributed by atoms with Gasteiger partial charge in [0.1, 0.15) is 0 Å². The smallest absolute Gasteiger partial charge is 0.279 e. The van der Waals surface area contributed by atoms with E-state index < -0.39 is 0 Å². The molecule has 0 bridgehead atoms. The van der Waals surface area contributed by atoms with E-state index in [1.807, 2.05) is 42.5 Å². The van der Waals surface area contributed by atoms with E-state index in [4.69, 9.17) is 0 Å². The van der Waals surface area contributed by atoms with Crippen molar-refractivity contribution in [1.29, 1.82) is 0 Å². The zero-order valence-corrected chi connectivity index (χ0v) is 15.3. The number of anilines is 1. The van der Waals surface area contributed by atoms with Crippen LogP contribution in [0.25, 0.3) is 22.0 Å². The van der Waals surface area contributed by atoms with Gasteiger partial charge in [0, 0.05) is 12.1 Å². The Labute approximate surface area is 153 Å². The monoisotopic (exact) mass is 351 g/mol. The first-order valence-corrected chi connectivity index (χ1v) is 9.14. The van der Waals surface area contributed by atoms with Crippen LogP contribution in [0.5, 0.6) is 0 Å². The van der Waals surface area contributed by atoms with Crippen LogP contribution in [-0.2, 0) is 0 Å². The summed E-state index contributed by atoms with van der Waals surface area (Å²) in [6, 6.07) is 13.8. The summed E-state index contributed by atoms with van der Waals surface area (Å²) in [4.78, 5) is 17.7. The summed E-state index contributed by atoms with van der Waals surface area (Å²) < 4.78 is 0. The third-order valence-corrected chi connectivity index (χ3v) is 4.58. The van der Waals surface area contributed by atoms with Crippen LogP contribution in [0.1, 0.15) is 20.3 Å². The molecule has 0 aliphatic heterocycles. The average Bonchev–Trinajstić information content (AvgIpc) is 2.68. The summed E-state index contributed by atoms with van der Waals surface area (Å²) in [6.45, 7) is 8.18. The second kappa shape index (κ2) is 8.58. The average molecular weight is 351 g/mol. The lowest BCUT2D eigenvalue weighted by molar-refractivity contribution is 0.303. The lowest BCUT2D eigenvalue weighted by Gasteiger charge is -2.17. The molecule has 3 rings (SSSR count). The van der Waals surface area contributed by atoms with Gasteiger partial charge < -0.3 is 10.2 Å². The molecule has 0 saturated heterocycles. The van der Waals surface area contributed by atoms with E-state index in [9.17, 15) is 4.79 Å². The summed E-state index contributed by atoms with van der Waals surface area (Å²) in [5, 5.41) is 13.5. The number of H-pyrrole nitrogens is 1. The van der Waals surface area contributed by atoms with E-state index in [1.165, 1.54) is 0 Å². The summed E-state index contributed by atoms with van der Waals surface area (Å²) in [6.07, 6.45) is 0.983. The first-order chi connectivity index (χ1) is 12.7. The second-order valence-electron chi connectivity index (χ2n) is 6.19. The zero-order chi connectivity index (χ0) is 18.4. The van der Waals surface area contributed by atoms with Gasteiger partial charge in [0.05, 0.1) is 0 Å². The van der Waals surface area contributed by atoms with E-state index in [1.54, 1.807) is 0 Å². The molecule has 3 aromatic rings. The lowest BCUT2D eigenvalue weighted by atomic mass is 10.0. The minimum atomic E-state index is -0.234. The second-order valence-corrected chi connectivity index (χ2v) is 6.19. The summed E-state index contributed by atoms with van der Waals surface area (Å²) in [5.41, 5.74) is 0.906. The molecule has 2 aromatic carbocycles. The molecule has 2 N–H and O–H groups in total. The fourth-order valence-corrected chi connectivity index (χ4v) is 3.07. The number of rotatable bonds is 8. The van der Waals surface area contributed by atoms with Crippen molar-refractivity contribution in [3.63, 3.8) is 0 Å². The Morgan fingerprint density at radius 1 is 1.04 bits per heavy atom. The van der Waals surface area contributed by atoms with Crippen LogP contribution in [0.2, 0.25) is 0 Å². The Bertz CT molecular complexity index is 912. The molecule has 6 nitrogen and oxygen atoms in total. The Kier molecular flexibility index (Phi) is 5.96. The van der Waals surface area contributed by atoms with E-state index >= 15 is 0 Å². The van der Waals surface area contributed by atoms with Crippen LogP contribution < -0.4 is 10.9 Å². The Hall–Kier alpha value is -2.73. The highest BCUT2D eigenvalue weighted by Gasteiger charge is 2.10. The third kappa shape index (κ3) is 4.08. The van der Waals surface area contributed by atoms with Crippen LogP contribution in [0.15, 0.2) is 47.3 Å². The van der Waals surface area contributed by atoms with Crippen molar-refractivity contribution >= 4 is 16.7 Å². The number of nitrogens with one attached hydrogen (secondary N) is 2. The number of hydrogen-bond donors (Lipinski definition) is 2. The molecular formula is C20H25N5O. The highest BCUT2D eigenvalue weighted by atomic mass is 16.1. The molecule has 0 spiro atoms. The molecule has 0 fully saturated rings. The van der Waals surface area contributed by atoms with Crippen molar-refractivity contribution in [2.75, 3.05) is 31.5 Å². The van der Waals surface area contributed by atoms with Crippen molar-refractivity contribution in [3.8, 4) is 11.3 Å². The lowest BCUT2D eigenvalue weighted by Crippen LogP contribution is -2.26. The fraction of sp³-hybridized carbons (Fsp3) is 0.350. The molecule has 0 amide bonds. The highest BCUT2D eigenvalue weighted by Crippen LogP contribution is 2.24. The molecule has 6 heteroatoms. The molecule has 1 aromatic heterocycles. The molecule has 136 valence electrons. The minimum absolute atomic E-state index is 0.234. The molecule has 0 atom stereocenters. The van der Waals surface area contributed by atoms with Gasteiger partial charge in [0.2, 0.25) is 5.95 Å². The third-order valence-electron chi connectivity index (χ3n) is 4.58. The maximum atomic E-state index is 12.5. The number of nitrogens with zero attached hydrogens (tertiary/aromatic N) is 3. The van der Waals surface area contributed by atoms with E-state index in [0.717, 1.165) is 48.9 Å². The minimum Gasteiger partial charge on any atom is -0.354 e. The molecule has 1 heterocycles. The molecular weight excluding hydrogens is 326 g/mol. The first kappa shape index (κ1) is 18.1. The predicted octanol–water partition coefficient (Wildman–Crippen LogP) is 3.13. The molecule has 0 aliphatic rings. The topological polar surface area (TPSA) is 73.9 Å². The Morgan fingerprint density at radius 3 is 2.58 bits per heavy atom. The summed E-state index contributed by atoms with van der Waals surface area (Å²) >= 11 is 0. The fourth-order valence-electron chi connectivity index (χ4n) is 3.07. The molecule has 0 saturated carbocycles. The number of fused-ring (bicyclic) bond motifs is 1. The SMILES string of the molecule is CCN(CC)CCCNc1nnc(-c2cccc3ccccc23)c(=O)[nH]1. The van der Waals surface area contributed by atoms with Gasteiger partial charge in [-0.2, -0.15) is 0 Å². The van der Waals surface area contributed by atoms with Gasteiger partial charge in [-0.1, -0.05) is 56.3 Å². The maximum absolute atomic E-state index is 12.5. The van der Waals surface area contributed by atoms with E-state index in [-0.39, 0.29) is 5.56 Å². The van der Waals surface area contributed by atoms with Crippen molar-refractivity contribution in [2.45, 2.75) is 20.3 Å². The highest BCUT2D eigenvalue weighted by molar-refractivity contribution is 5.95. The normalized spacial score (nSPS) is 11.2. The van der Waals surface area contributed by atoms with Crippen LogP contribution in [0.3, 0.4) is 0 Å². The van der Waals surface area contributed by atoms with Crippen molar-refractivity contribution < 1.29 is 0 Å². The van der Waals surface area contributed by atoms with Gasteiger partial charge in [0.15, 0.2) is 5.69 Å². The number of hydrogen-bond acceptors (Lipinski definition) is 5. The number of aromatic amines is 1. The Morgan fingerprint density at radius 2 is 1.81 bits per heavy atom. The van der Waals surface area contributed by atoms with E-state index in [2.05, 4.69) is 39.2 Å². The van der Waals surface area contributed by atoms with Gasteiger partial charge in [-0.25, -0.2) is 0 Å². The van der Waals surface area contributed by atoms with Gasteiger partial charge >= 0.3 is 0 Å². The summed E-state index contributed by atoms with van der Waals surface area (Å²) in [7, 11) is 0. The van der Waals surface area contributed by atoms with Crippen LogP contribution in [0, 0.1) is 0 Å². The quantitative estimate of drug-likeness (QED) is 0.610. The summed E-state index contributed by atoms with van der Waals surface area (Å²) in [5.74, 6) is 0.415. The molecule has 0 radical (unpaired) electrons. The molecule has 0 aliphatic carbocycles. The van der Waals surface area contributed by atoms with Crippen LogP contribution in [0.4, 0.5) is 5.95 Å². The van der Waals surface area contributed by atoms with Crippen molar-refractivity contribution in [1.82, 2.24) is 20.1 Å². The zero-order valence-electron chi connectivity index (χ0n) is 15.3. The molecule has 26 heavy (non-hydrogen) atoms. The number of aromatic nitrogens is 3. The van der Waals surface area contributed by atoms with Gasteiger partial charge in [-0.3, -0.25) is 9.78 Å². The predicted molar refractivity (Wildman–Crippen MR) is 106 cm³/mol. The van der Waals surface area contributed by atoms with Gasteiger partial charge in [-0.05, 0) is 36.8 Å². The van der Waals surface area contributed by atoms with Crippen LogP contribution in [-0.4, -0.2) is 46.3 Å². The first-order valence-electron chi connectivity index (χ1n) is 9.14. The maximum Gasteiger partial charge on any atom is 0.279 e.